The summed E-state index contributed by atoms with van der Waals surface area (Å²) in [6.07, 6.45) is 8.42. The Hall–Kier alpha value is -0.0400. The van der Waals surface area contributed by atoms with Crippen LogP contribution in [0.2, 0.25) is 0 Å². The van der Waals surface area contributed by atoms with E-state index >= 15 is 0 Å². The lowest BCUT2D eigenvalue weighted by molar-refractivity contribution is 0.272. The molecular formula is C18H35IN4. The number of fused-ring (bicyclic) bond motifs is 1. The topological polar surface area (TPSA) is 30.9 Å². The van der Waals surface area contributed by atoms with E-state index in [0.717, 1.165) is 24.9 Å². The van der Waals surface area contributed by atoms with Crippen LogP contribution in [0, 0.1) is 11.8 Å². The maximum atomic E-state index is 5.02. The first kappa shape index (κ1) is 19.3. The summed E-state index contributed by atoms with van der Waals surface area (Å²) in [5, 5.41) is 3.55. The van der Waals surface area contributed by atoms with Gasteiger partial charge in [0.1, 0.15) is 0 Å². The number of halogens is 1. The second-order valence-electron chi connectivity index (χ2n) is 7.33. The molecule has 3 fully saturated rings. The van der Waals surface area contributed by atoms with Gasteiger partial charge in [-0.1, -0.05) is 19.8 Å². The van der Waals surface area contributed by atoms with E-state index in [4.69, 9.17) is 4.99 Å². The predicted molar refractivity (Wildman–Crippen MR) is 109 cm³/mol. The lowest BCUT2D eigenvalue weighted by Crippen LogP contribution is -2.41. The van der Waals surface area contributed by atoms with Crippen LogP contribution in [0.25, 0.3) is 0 Å². The summed E-state index contributed by atoms with van der Waals surface area (Å²) in [4.78, 5) is 10.2. The Morgan fingerprint density at radius 3 is 2.35 bits per heavy atom. The van der Waals surface area contributed by atoms with Gasteiger partial charge in [0.2, 0.25) is 0 Å². The van der Waals surface area contributed by atoms with Crippen molar-refractivity contribution in [2.75, 3.05) is 39.3 Å². The average molecular weight is 434 g/mol. The van der Waals surface area contributed by atoms with Gasteiger partial charge < -0.3 is 10.2 Å². The van der Waals surface area contributed by atoms with Gasteiger partial charge in [-0.05, 0) is 57.5 Å². The molecule has 23 heavy (non-hydrogen) atoms. The highest BCUT2D eigenvalue weighted by atomic mass is 127. The van der Waals surface area contributed by atoms with Gasteiger partial charge in [0.05, 0.1) is 6.54 Å². The minimum Gasteiger partial charge on any atom is -0.357 e. The summed E-state index contributed by atoms with van der Waals surface area (Å²) >= 11 is 0. The van der Waals surface area contributed by atoms with Crippen molar-refractivity contribution in [3.05, 3.63) is 0 Å². The fourth-order valence-corrected chi connectivity index (χ4v) is 4.71. The van der Waals surface area contributed by atoms with Gasteiger partial charge in [0, 0.05) is 25.7 Å². The molecule has 0 aromatic carbocycles. The van der Waals surface area contributed by atoms with Crippen LogP contribution in [-0.4, -0.2) is 61.1 Å². The number of aliphatic imine (C=N–C) groups is 1. The van der Waals surface area contributed by atoms with Gasteiger partial charge in [-0.25, -0.2) is 0 Å². The van der Waals surface area contributed by atoms with Crippen LogP contribution < -0.4 is 5.32 Å². The van der Waals surface area contributed by atoms with Gasteiger partial charge >= 0.3 is 0 Å². The number of likely N-dealkylation sites (N-methyl/N-ethyl adjacent to an activating group) is 1. The molecule has 0 aromatic rings. The molecule has 1 aliphatic carbocycles. The standard InChI is InChI=1S/C18H34N4.HI/c1-3-19-18(20-12-17-10-7-11-21(17)4-2)22-13-15-8-5-6-9-16(15)14-22;/h15-17H,3-14H2,1-2H3,(H,19,20);1H. The van der Waals surface area contributed by atoms with E-state index in [1.165, 1.54) is 70.7 Å². The highest BCUT2D eigenvalue weighted by molar-refractivity contribution is 14.0. The van der Waals surface area contributed by atoms with Crippen molar-refractivity contribution >= 4 is 29.9 Å². The second kappa shape index (κ2) is 9.44. The van der Waals surface area contributed by atoms with Crippen LogP contribution in [0.1, 0.15) is 52.4 Å². The molecule has 3 rings (SSSR count). The summed E-state index contributed by atoms with van der Waals surface area (Å²) < 4.78 is 0. The van der Waals surface area contributed by atoms with Crippen LogP contribution in [0.4, 0.5) is 0 Å². The molecule has 2 aliphatic heterocycles. The third kappa shape index (κ3) is 4.74. The van der Waals surface area contributed by atoms with Crippen molar-refractivity contribution in [1.82, 2.24) is 15.1 Å². The Kier molecular flexibility index (Phi) is 7.92. The summed E-state index contributed by atoms with van der Waals surface area (Å²) in [6.45, 7) is 11.3. The maximum Gasteiger partial charge on any atom is 0.193 e. The third-order valence-corrected chi connectivity index (χ3v) is 5.97. The third-order valence-electron chi connectivity index (χ3n) is 5.97. The Labute approximate surface area is 159 Å². The molecule has 0 spiro atoms. The lowest BCUT2D eigenvalue weighted by atomic mass is 9.82. The zero-order valence-corrected chi connectivity index (χ0v) is 17.3. The predicted octanol–water partition coefficient (Wildman–Crippen LogP) is 3.18. The van der Waals surface area contributed by atoms with Crippen LogP contribution >= 0.6 is 24.0 Å². The molecule has 0 radical (unpaired) electrons. The van der Waals surface area contributed by atoms with E-state index in [1.807, 2.05) is 0 Å². The quantitative estimate of drug-likeness (QED) is 0.419. The molecular weight excluding hydrogens is 399 g/mol. The van der Waals surface area contributed by atoms with E-state index in [0.29, 0.717) is 6.04 Å². The summed E-state index contributed by atoms with van der Waals surface area (Å²) in [6, 6.07) is 0.670. The second-order valence-corrected chi connectivity index (χ2v) is 7.33. The molecule has 3 unspecified atom stereocenters. The first-order valence-corrected chi connectivity index (χ1v) is 9.59. The zero-order chi connectivity index (χ0) is 15.4. The number of rotatable bonds is 4. The number of guanidine groups is 1. The number of hydrogen-bond donors (Lipinski definition) is 1. The Bertz CT molecular complexity index is 373. The molecule has 2 heterocycles. The van der Waals surface area contributed by atoms with Crippen LogP contribution in [0.15, 0.2) is 4.99 Å². The molecule has 4 nitrogen and oxygen atoms in total. The monoisotopic (exact) mass is 434 g/mol. The molecule has 5 heteroatoms. The highest BCUT2D eigenvalue weighted by Crippen LogP contribution is 2.36. The van der Waals surface area contributed by atoms with E-state index in [1.54, 1.807) is 0 Å². The van der Waals surface area contributed by atoms with Gasteiger partial charge in [0.25, 0.3) is 0 Å². The Balaban J connectivity index is 0.00000192. The van der Waals surface area contributed by atoms with E-state index in [9.17, 15) is 0 Å². The van der Waals surface area contributed by atoms with E-state index in [2.05, 4.69) is 29.0 Å². The van der Waals surface area contributed by atoms with Crippen molar-refractivity contribution in [3.8, 4) is 0 Å². The fraction of sp³-hybridized carbons (Fsp3) is 0.944. The lowest BCUT2D eigenvalue weighted by Gasteiger charge is -2.24. The first-order valence-electron chi connectivity index (χ1n) is 9.59. The average Bonchev–Trinajstić information content (AvgIpc) is 3.17. The summed E-state index contributed by atoms with van der Waals surface area (Å²) in [5.41, 5.74) is 0. The van der Waals surface area contributed by atoms with E-state index in [-0.39, 0.29) is 24.0 Å². The van der Waals surface area contributed by atoms with Crippen molar-refractivity contribution in [2.45, 2.75) is 58.4 Å². The molecule has 0 aromatic heterocycles. The summed E-state index contributed by atoms with van der Waals surface area (Å²) in [7, 11) is 0. The SMILES string of the molecule is CCNC(=NCC1CCCN1CC)N1CC2CCCCC2C1.I. The van der Waals surface area contributed by atoms with Gasteiger partial charge in [-0.2, -0.15) is 0 Å². The zero-order valence-electron chi connectivity index (χ0n) is 15.0. The Morgan fingerprint density at radius 1 is 1.04 bits per heavy atom. The number of nitrogens with zero attached hydrogens (tertiary/aromatic N) is 3. The minimum atomic E-state index is 0. The molecule has 3 atom stereocenters. The van der Waals surface area contributed by atoms with Crippen LogP contribution in [0.5, 0.6) is 0 Å². The first-order chi connectivity index (χ1) is 10.8. The minimum absolute atomic E-state index is 0. The summed E-state index contributed by atoms with van der Waals surface area (Å²) in [5.74, 6) is 3.03. The molecule has 3 aliphatic rings. The highest BCUT2D eigenvalue weighted by Gasteiger charge is 2.35. The fourth-order valence-electron chi connectivity index (χ4n) is 4.71. The van der Waals surface area contributed by atoms with Crippen molar-refractivity contribution in [2.24, 2.45) is 16.8 Å². The largest absolute Gasteiger partial charge is 0.357 e. The number of hydrogen-bond acceptors (Lipinski definition) is 2. The molecule has 1 saturated carbocycles. The normalized spacial score (nSPS) is 31.8. The molecule has 2 saturated heterocycles. The Morgan fingerprint density at radius 2 is 1.74 bits per heavy atom. The molecule has 1 N–H and O–H groups in total. The number of likely N-dealkylation sites (tertiary alicyclic amines) is 2. The maximum absolute atomic E-state index is 5.02. The van der Waals surface area contributed by atoms with Crippen molar-refractivity contribution in [1.29, 1.82) is 0 Å². The molecule has 134 valence electrons. The molecule has 0 amide bonds. The van der Waals surface area contributed by atoms with Gasteiger partial charge in [-0.3, -0.25) is 9.89 Å². The van der Waals surface area contributed by atoms with Gasteiger partial charge in [0.15, 0.2) is 5.96 Å². The molecule has 0 bridgehead atoms. The van der Waals surface area contributed by atoms with Gasteiger partial charge in [-0.15, -0.1) is 24.0 Å². The smallest absolute Gasteiger partial charge is 0.193 e. The number of nitrogens with one attached hydrogen (secondary N) is 1. The van der Waals surface area contributed by atoms with Crippen molar-refractivity contribution < 1.29 is 0 Å². The van der Waals surface area contributed by atoms with Crippen molar-refractivity contribution in [3.63, 3.8) is 0 Å². The van der Waals surface area contributed by atoms with E-state index < -0.39 is 0 Å². The van der Waals surface area contributed by atoms with Crippen LogP contribution in [-0.2, 0) is 0 Å². The van der Waals surface area contributed by atoms with Crippen LogP contribution in [0.3, 0.4) is 0 Å².